The highest BCUT2D eigenvalue weighted by molar-refractivity contribution is 8.26. The number of benzene rings is 1. The normalized spacial score (nSPS) is 21.3. The molecule has 2 fully saturated rings. The molecule has 0 aliphatic carbocycles. The maximum absolute atomic E-state index is 13.4. The molecule has 2 aliphatic heterocycles. The molecule has 1 aromatic heterocycles. The molecule has 0 radical (unpaired) electrons. The molecular formula is C27H30N4O3S2. The van der Waals surface area contributed by atoms with Crippen LogP contribution >= 0.6 is 24.0 Å². The zero-order chi connectivity index (χ0) is 26.1. The van der Waals surface area contributed by atoms with Gasteiger partial charge in [0.15, 0.2) is 0 Å². The number of anilines is 1. The van der Waals surface area contributed by atoms with Crippen molar-refractivity contribution < 1.29 is 9.53 Å². The van der Waals surface area contributed by atoms with Crippen LogP contribution in [0.15, 0.2) is 34.0 Å². The summed E-state index contributed by atoms with van der Waals surface area (Å²) in [6, 6.07) is 9.60. The predicted octanol–water partition coefficient (Wildman–Crippen LogP) is 4.46. The van der Waals surface area contributed by atoms with E-state index >= 15 is 0 Å². The fourth-order valence-corrected chi connectivity index (χ4v) is 6.35. The van der Waals surface area contributed by atoms with E-state index in [4.69, 9.17) is 17.0 Å². The van der Waals surface area contributed by atoms with Crippen LogP contribution in [-0.4, -0.2) is 39.9 Å². The summed E-state index contributed by atoms with van der Waals surface area (Å²) in [6.07, 6.45) is 2.93. The number of thioether (sulfide) groups is 1. The van der Waals surface area contributed by atoms with E-state index in [1.165, 1.54) is 11.8 Å². The van der Waals surface area contributed by atoms with Gasteiger partial charge in [-0.1, -0.05) is 50.0 Å². The Morgan fingerprint density at radius 1 is 1.19 bits per heavy atom. The number of amides is 1. The van der Waals surface area contributed by atoms with Crippen LogP contribution in [-0.2, 0) is 18.4 Å². The van der Waals surface area contributed by atoms with Gasteiger partial charge < -0.3 is 9.64 Å². The largest absolute Gasteiger partial charge is 0.497 e. The van der Waals surface area contributed by atoms with Crippen molar-refractivity contribution in [2.75, 3.05) is 25.1 Å². The number of hydrogen-bond acceptors (Lipinski definition) is 7. The first-order valence-corrected chi connectivity index (χ1v) is 13.1. The third-order valence-electron chi connectivity index (χ3n) is 6.79. The summed E-state index contributed by atoms with van der Waals surface area (Å²) >= 11 is 6.81. The summed E-state index contributed by atoms with van der Waals surface area (Å²) in [4.78, 5) is 30.8. The number of carbonyl (C=O) groups excluding carboxylic acids is 1. The number of ether oxygens (including phenoxy) is 1. The first-order valence-electron chi connectivity index (χ1n) is 11.9. The predicted molar refractivity (Wildman–Crippen MR) is 148 cm³/mol. The lowest BCUT2D eigenvalue weighted by molar-refractivity contribution is -0.122. The molecule has 0 spiro atoms. The Morgan fingerprint density at radius 2 is 1.83 bits per heavy atom. The van der Waals surface area contributed by atoms with Crippen molar-refractivity contribution in [3.8, 4) is 11.8 Å². The van der Waals surface area contributed by atoms with Gasteiger partial charge in [0.1, 0.15) is 27.5 Å². The molecule has 2 aromatic rings. The minimum Gasteiger partial charge on any atom is -0.497 e. The van der Waals surface area contributed by atoms with Crippen molar-refractivity contribution in [2.24, 2.45) is 18.9 Å². The number of carbonyl (C=O) groups is 1. The zero-order valence-electron chi connectivity index (χ0n) is 21.2. The van der Waals surface area contributed by atoms with Gasteiger partial charge in [0.2, 0.25) is 0 Å². The topological polar surface area (TPSA) is 78.6 Å². The molecular weight excluding hydrogens is 492 g/mol. The van der Waals surface area contributed by atoms with Crippen LogP contribution in [0, 0.1) is 30.1 Å². The smallest absolute Gasteiger partial charge is 0.270 e. The summed E-state index contributed by atoms with van der Waals surface area (Å²) in [5.74, 6) is 2.25. The Morgan fingerprint density at radius 3 is 2.42 bits per heavy atom. The van der Waals surface area contributed by atoms with Crippen molar-refractivity contribution in [1.29, 1.82) is 5.26 Å². The quantitative estimate of drug-likeness (QED) is 0.424. The van der Waals surface area contributed by atoms with Crippen molar-refractivity contribution >= 4 is 46.1 Å². The van der Waals surface area contributed by atoms with Gasteiger partial charge in [0, 0.05) is 25.7 Å². The van der Waals surface area contributed by atoms with E-state index in [1.54, 1.807) is 30.5 Å². The fraction of sp³-hybridized carbons (Fsp3) is 0.407. The molecule has 188 valence electrons. The number of pyridine rings is 1. The zero-order valence-corrected chi connectivity index (χ0v) is 22.8. The van der Waals surface area contributed by atoms with E-state index in [-0.39, 0.29) is 17.0 Å². The number of thiocarbonyl (C=S) groups is 1. The maximum Gasteiger partial charge on any atom is 0.270 e. The molecule has 0 saturated carbocycles. The Labute approximate surface area is 221 Å². The highest BCUT2D eigenvalue weighted by atomic mass is 32.2. The summed E-state index contributed by atoms with van der Waals surface area (Å²) in [5.41, 5.74) is 2.02. The van der Waals surface area contributed by atoms with Crippen molar-refractivity contribution in [1.82, 2.24) is 9.47 Å². The number of nitriles is 1. The number of rotatable bonds is 5. The fourth-order valence-electron chi connectivity index (χ4n) is 5.11. The minimum atomic E-state index is -0.319. The number of aromatic nitrogens is 1. The van der Waals surface area contributed by atoms with Crippen LogP contribution in [0.2, 0.25) is 0 Å². The molecule has 9 heteroatoms. The Balaban J connectivity index is 1.75. The second kappa shape index (κ2) is 10.5. The maximum atomic E-state index is 13.4. The van der Waals surface area contributed by atoms with Gasteiger partial charge in [0.05, 0.1) is 18.6 Å². The van der Waals surface area contributed by atoms with Gasteiger partial charge in [-0.15, -0.1) is 0 Å². The van der Waals surface area contributed by atoms with Crippen LogP contribution in [0.1, 0.15) is 42.5 Å². The molecule has 2 aliphatic rings. The highest BCUT2D eigenvalue weighted by Crippen LogP contribution is 2.37. The van der Waals surface area contributed by atoms with Crippen molar-refractivity contribution in [3.05, 3.63) is 61.8 Å². The van der Waals surface area contributed by atoms with Gasteiger partial charge in [0.25, 0.3) is 11.5 Å². The monoisotopic (exact) mass is 522 g/mol. The SMILES string of the molecule is COc1ccc(CN2C(=O)C(=Cc3c(C)c(C#N)c(=O)n(C)c3N3CC(C)CC(C)C3)SC2=S)cc1. The minimum absolute atomic E-state index is 0.0966. The van der Waals surface area contributed by atoms with E-state index < -0.39 is 0 Å². The van der Waals surface area contributed by atoms with Gasteiger partial charge in [-0.3, -0.25) is 19.1 Å². The summed E-state index contributed by atoms with van der Waals surface area (Å²) in [6.45, 7) is 8.17. The Hall–Kier alpha value is -3.09. The van der Waals surface area contributed by atoms with Gasteiger partial charge in [-0.05, 0) is 54.5 Å². The van der Waals surface area contributed by atoms with E-state index in [0.717, 1.165) is 42.2 Å². The number of hydrogen-bond donors (Lipinski definition) is 0. The van der Waals surface area contributed by atoms with Crippen LogP contribution in [0.3, 0.4) is 0 Å². The average Bonchev–Trinajstić information content (AvgIpc) is 3.10. The lowest BCUT2D eigenvalue weighted by atomic mass is 9.91. The van der Waals surface area contributed by atoms with Crippen LogP contribution < -0.4 is 15.2 Å². The molecule has 2 atom stereocenters. The third kappa shape index (κ3) is 4.93. The molecule has 2 unspecified atom stereocenters. The number of nitrogens with zero attached hydrogens (tertiary/aromatic N) is 4. The van der Waals surface area contributed by atoms with Crippen LogP contribution in [0.5, 0.6) is 5.75 Å². The molecule has 4 rings (SSSR count). The lowest BCUT2D eigenvalue weighted by Gasteiger charge is -2.38. The molecule has 1 amide bonds. The first kappa shape index (κ1) is 26.0. The van der Waals surface area contributed by atoms with E-state index in [9.17, 15) is 14.9 Å². The van der Waals surface area contributed by atoms with Gasteiger partial charge >= 0.3 is 0 Å². The highest BCUT2D eigenvalue weighted by Gasteiger charge is 2.34. The second-order valence-electron chi connectivity index (χ2n) is 9.68. The van der Waals surface area contributed by atoms with Crippen molar-refractivity contribution in [2.45, 2.75) is 33.7 Å². The van der Waals surface area contributed by atoms with Crippen LogP contribution in [0.25, 0.3) is 6.08 Å². The van der Waals surface area contributed by atoms with Crippen molar-refractivity contribution in [3.63, 3.8) is 0 Å². The molecule has 3 heterocycles. The first-order chi connectivity index (χ1) is 17.1. The molecule has 36 heavy (non-hydrogen) atoms. The van der Waals surface area contributed by atoms with E-state index in [0.29, 0.717) is 33.2 Å². The van der Waals surface area contributed by atoms with E-state index in [1.807, 2.05) is 30.3 Å². The summed E-state index contributed by atoms with van der Waals surface area (Å²) in [5, 5.41) is 9.72. The molecule has 0 N–H and O–H groups in total. The number of methoxy groups -OCH3 is 1. The Bertz CT molecular complexity index is 1330. The molecule has 7 nitrogen and oxygen atoms in total. The van der Waals surface area contributed by atoms with Crippen LogP contribution in [0.4, 0.5) is 5.82 Å². The lowest BCUT2D eigenvalue weighted by Crippen LogP contribution is -2.42. The van der Waals surface area contributed by atoms with E-state index in [2.05, 4.69) is 24.8 Å². The average molecular weight is 523 g/mol. The Kier molecular flexibility index (Phi) is 7.57. The van der Waals surface area contributed by atoms with Gasteiger partial charge in [-0.25, -0.2) is 0 Å². The third-order valence-corrected chi connectivity index (χ3v) is 8.16. The van der Waals surface area contributed by atoms with Gasteiger partial charge in [-0.2, -0.15) is 5.26 Å². The summed E-state index contributed by atoms with van der Waals surface area (Å²) in [7, 11) is 3.31. The molecule has 2 saturated heterocycles. The standard InChI is InChI=1S/C27H30N4O3S2/c1-16-10-17(2)14-30(13-16)24-21(18(3)22(12-28)25(32)29(24)4)11-23-26(33)31(27(35)36-23)15-19-6-8-20(34-5)9-7-19/h6-9,11,16-17H,10,13-15H2,1-5H3. The molecule has 0 bridgehead atoms. The second-order valence-corrected chi connectivity index (χ2v) is 11.4. The number of piperidine rings is 1. The molecule has 1 aromatic carbocycles. The summed E-state index contributed by atoms with van der Waals surface area (Å²) < 4.78 is 7.25.